The normalized spacial score (nSPS) is 15.8. The molecule has 1 aliphatic rings. The van der Waals surface area contributed by atoms with Crippen LogP contribution in [0.15, 0.2) is 36.4 Å². The molecule has 0 saturated carbocycles. The number of aryl methyl sites for hydroxylation is 2. The fourth-order valence-electron chi connectivity index (χ4n) is 3.40. The van der Waals surface area contributed by atoms with Crippen molar-refractivity contribution in [2.45, 2.75) is 53.2 Å². The third-order valence-electron chi connectivity index (χ3n) is 5.04. The van der Waals surface area contributed by atoms with Crippen molar-refractivity contribution < 1.29 is 23.8 Å². The molecule has 1 N–H and O–H groups in total. The molecule has 0 fully saturated rings. The van der Waals surface area contributed by atoms with Gasteiger partial charge in [0.15, 0.2) is 6.10 Å². The third-order valence-corrected chi connectivity index (χ3v) is 5.04. The minimum absolute atomic E-state index is 0.116. The van der Waals surface area contributed by atoms with E-state index in [4.69, 9.17) is 14.2 Å². The van der Waals surface area contributed by atoms with E-state index in [0.717, 1.165) is 34.4 Å². The van der Waals surface area contributed by atoms with Crippen LogP contribution >= 0.6 is 0 Å². The number of carbonyl (C=O) groups excluding carboxylic acids is 2. The second-order valence-electron chi connectivity index (χ2n) is 7.78. The summed E-state index contributed by atoms with van der Waals surface area (Å²) >= 11 is 0. The Kier molecular flexibility index (Phi) is 7.00. The van der Waals surface area contributed by atoms with Gasteiger partial charge in [0.1, 0.15) is 17.6 Å². The number of hydrogen-bond donors (Lipinski definition) is 1. The predicted molar refractivity (Wildman–Crippen MR) is 121 cm³/mol. The standard InChI is InChI=1S/C25H29NO5/c1-6-29-22-14-20-12-17(4)30-23(20)13-19(22)9-10-24(27)31-18(5)25(28)26-21-11-15(2)7-8-16(21)3/h7-11,13-14,17-18H,6,12H2,1-5H3,(H,26,28)/b10-9+/t17-,18-/m1/s1. The molecular weight excluding hydrogens is 394 g/mol. The quantitative estimate of drug-likeness (QED) is 0.520. The fourth-order valence-corrected chi connectivity index (χ4v) is 3.40. The van der Waals surface area contributed by atoms with Gasteiger partial charge in [-0.3, -0.25) is 4.79 Å². The molecule has 31 heavy (non-hydrogen) atoms. The first-order valence-electron chi connectivity index (χ1n) is 10.5. The summed E-state index contributed by atoms with van der Waals surface area (Å²) < 4.78 is 16.8. The number of fused-ring (bicyclic) bond motifs is 1. The molecule has 6 heteroatoms. The summed E-state index contributed by atoms with van der Waals surface area (Å²) in [5.41, 5.74) is 4.49. The van der Waals surface area contributed by atoms with Gasteiger partial charge >= 0.3 is 5.97 Å². The Bertz CT molecular complexity index is 1010. The number of ether oxygens (including phenoxy) is 3. The molecule has 0 aromatic heterocycles. The van der Waals surface area contributed by atoms with E-state index < -0.39 is 12.1 Å². The van der Waals surface area contributed by atoms with E-state index >= 15 is 0 Å². The third kappa shape index (κ3) is 5.66. The van der Waals surface area contributed by atoms with Gasteiger partial charge in [-0.25, -0.2) is 4.79 Å². The molecular formula is C25H29NO5. The molecule has 1 aliphatic heterocycles. The lowest BCUT2D eigenvalue weighted by Crippen LogP contribution is -2.29. The Balaban J connectivity index is 1.65. The molecule has 0 spiro atoms. The average Bonchev–Trinajstić information content (AvgIpc) is 3.07. The van der Waals surface area contributed by atoms with Crippen molar-refractivity contribution in [1.29, 1.82) is 0 Å². The first-order chi connectivity index (χ1) is 14.8. The first-order valence-corrected chi connectivity index (χ1v) is 10.5. The summed E-state index contributed by atoms with van der Waals surface area (Å²) in [5.74, 6) is 0.486. The van der Waals surface area contributed by atoms with Gasteiger partial charge in [-0.05, 0) is 70.0 Å². The van der Waals surface area contributed by atoms with Crippen LogP contribution in [0, 0.1) is 13.8 Å². The summed E-state index contributed by atoms with van der Waals surface area (Å²) in [6.45, 7) is 9.83. The zero-order valence-electron chi connectivity index (χ0n) is 18.7. The highest BCUT2D eigenvalue weighted by Gasteiger charge is 2.22. The number of hydrogen-bond acceptors (Lipinski definition) is 5. The molecule has 2 aromatic rings. The molecule has 0 bridgehead atoms. The SMILES string of the molecule is CCOc1cc2c(cc1/C=C/C(=O)O[C@H](C)C(=O)Nc1cc(C)ccc1C)O[C@H](C)C2. The Morgan fingerprint density at radius 3 is 2.77 bits per heavy atom. The summed E-state index contributed by atoms with van der Waals surface area (Å²) in [4.78, 5) is 24.7. The molecule has 0 aliphatic carbocycles. The van der Waals surface area contributed by atoms with Gasteiger partial charge in [-0.1, -0.05) is 12.1 Å². The zero-order chi connectivity index (χ0) is 22.5. The van der Waals surface area contributed by atoms with Gasteiger partial charge in [0.05, 0.1) is 6.61 Å². The molecule has 0 saturated heterocycles. The van der Waals surface area contributed by atoms with Crippen LogP contribution in [0.1, 0.15) is 43.0 Å². The minimum atomic E-state index is -0.937. The predicted octanol–water partition coefficient (Wildman–Crippen LogP) is 4.61. The number of benzene rings is 2. The number of rotatable bonds is 7. The van der Waals surface area contributed by atoms with Crippen LogP contribution in [0.25, 0.3) is 6.08 Å². The average molecular weight is 424 g/mol. The van der Waals surface area contributed by atoms with E-state index in [-0.39, 0.29) is 12.0 Å². The lowest BCUT2D eigenvalue weighted by atomic mass is 10.1. The van der Waals surface area contributed by atoms with Crippen LogP contribution in [0.4, 0.5) is 5.69 Å². The van der Waals surface area contributed by atoms with Crippen molar-refractivity contribution in [3.63, 3.8) is 0 Å². The summed E-state index contributed by atoms with van der Waals surface area (Å²) in [6, 6.07) is 9.60. The summed E-state index contributed by atoms with van der Waals surface area (Å²) in [6.07, 6.45) is 2.92. The maximum absolute atomic E-state index is 12.4. The Morgan fingerprint density at radius 1 is 1.26 bits per heavy atom. The van der Waals surface area contributed by atoms with E-state index in [2.05, 4.69) is 5.32 Å². The topological polar surface area (TPSA) is 73.9 Å². The number of amides is 1. The highest BCUT2D eigenvalue weighted by molar-refractivity contribution is 5.97. The van der Waals surface area contributed by atoms with Gasteiger partial charge in [-0.15, -0.1) is 0 Å². The monoisotopic (exact) mass is 423 g/mol. The summed E-state index contributed by atoms with van der Waals surface area (Å²) in [5, 5.41) is 2.81. The van der Waals surface area contributed by atoms with Crippen molar-refractivity contribution >= 4 is 23.6 Å². The van der Waals surface area contributed by atoms with Crippen LogP contribution in [0.2, 0.25) is 0 Å². The van der Waals surface area contributed by atoms with Crippen molar-refractivity contribution in [3.8, 4) is 11.5 Å². The zero-order valence-corrected chi connectivity index (χ0v) is 18.7. The highest BCUT2D eigenvalue weighted by atomic mass is 16.5. The number of esters is 1. The maximum Gasteiger partial charge on any atom is 0.331 e. The van der Waals surface area contributed by atoms with Crippen LogP contribution < -0.4 is 14.8 Å². The molecule has 6 nitrogen and oxygen atoms in total. The molecule has 0 radical (unpaired) electrons. The minimum Gasteiger partial charge on any atom is -0.493 e. The van der Waals surface area contributed by atoms with Crippen LogP contribution in [-0.2, 0) is 20.7 Å². The van der Waals surface area contributed by atoms with Crippen LogP contribution in [-0.4, -0.2) is 30.7 Å². The van der Waals surface area contributed by atoms with Crippen molar-refractivity contribution in [2.75, 3.05) is 11.9 Å². The van der Waals surface area contributed by atoms with E-state index in [1.807, 2.05) is 58.0 Å². The van der Waals surface area contributed by atoms with Gasteiger partial charge in [0.2, 0.25) is 0 Å². The van der Waals surface area contributed by atoms with Crippen LogP contribution in [0.5, 0.6) is 11.5 Å². The highest BCUT2D eigenvalue weighted by Crippen LogP contribution is 2.35. The molecule has 164 valence electrons. The van der Waals surface area contributed by atoms with Crippen LogP contribution in [0.3, 0.4) is 0 Å². The summed E-state index contributed by atoms with van der Waals surface area (Å²) in [7, 11) is 0. The smallest absolute Gasteiger partial charge is 0.331 e. The largest absolute Gasteiger partial charge is 0.493 e. The van der Waals surface area contributed by atoms with Gasteiger partial charge in [0.25, 0.3) is 5.91 Å². The van der Waals surface area contributed by atoms with E-state index in [9.17, 15) is 9.59 Å². The maximum atomic E-state index is 12.4. The van der Waals surface area contributed by atoms with Crippen molar-refractivity contribution in [3.05, 3.63) is 58.7 Å². The Morgan fingerprint density at radius 2 is 2.03 bits per heavy atom. The fraction of sp³-hybridized carbons (Fsp3) is 0.360. The van der Waals surface area contributed by atoms with E-state index in [0.29, 0.717) is 18.0 Å². The van der Waals surface area contributed by atoms with Gasteiger partial charge in [0, 0.05) is 29.3 Å². The lowest BCUT2D eigenvalue weighted by Gasteiger charge is -2.14. The first kappa shape index (κ1) is 22.4. The number of nitrogens with one attached hydrogen (secondary N) is 1. The molecule has 2 atom stereocenters. The van der Waals surface area contributed by atoms with E-state index in [1.54, 1.807) is 13.0 Å². The van der Waals surface area contributed by atoms with E-state index in [1.165, 1.54) is 6.08 Å². The molecule has 3 rings (SSSR count). The van der Waals surface area contributed by atoms with Gasteiger partial charge < -0.3 is 19.5 Å². The van der Waals surface area contributed by atoms with Gasteiger partial charge in [-0.2, -0.15) is 0 Å². The number of anilines is 1. The molecule has 1 heterocycles. The second-order valence-corrected chi connectivity index (χ2v) is 7.78. The second kappa shape index (κ2) is 9.69. The molecule has 0 unspecified atom stereocenters. The lowest BCUT2D eigenvalue weighted by molar-refractivity contribution is -0.148. The molecule has 1 amide bonds. The van der Waals surface area contributed by atoms with Crippen molar-refractivity contribution in [2.24, 2.45) is 0 Å². The Labute approximate surface area is 183 Å². The molecule has 2 aromatic carbocycles. The van der Waals surface area contributed by atoms with Crippen molar-refractivity contribution in [1.82, 2.24) is 0 Å². The number of carbonyl (C=O) groups is 2. The Hall–Kier alpha value is -3.28.